The number of ether oxygens (including phenoxy) is 1. The number of para-hydroxylation sites is 1. The Kier molecular flexibility index (Phi) is 5.60. The fourth-order valence-corrected chi connectivity index (χ4v) is 2.92. The fraction of sp³-hybridized carbons (Fsp3) is 0.588. The summed E-state index contributed by atoms with van der Waals surface area (Å²) in [6.07, 6.45) is 3.85. The van der Waals surface area contributed by atoms with E-state index in [9.17, 15) is 0 Å². The first-order valence-electron chi connectivity index (χ1n) is 7.74. The first kappa shape index (κ1) is 15.8. The van der Waals surface area contributed by atoms with Gasteiger partial charge in [0.05, 0.1) is 19.2 Å². The highest BCUT2D eigenvalue weighted by atomic mass is 16.5. The predicted molar refractivity (Wildman–Crippen MR) is 84.0 cm³/mol. The largest absolute Gasteiger partial charge is 0.496 e. The van der Waals surface area contributed by atoms with Gasteiger partial charge in [-0.3, -0.25) is 4.90 Å². The lowest BCUT2D eigenvalue weighted by atomic mass is 9.95. The quantitative estimate of drug-likeness (QED) is 0.798. The first-order valence-corrected chi connectivity index (χ1v) is 7.74. The molecule has 0 spiro atoms. The van der Waals surface area contributed by atoms with Crippen LogP contribution in [-0.4, -0.2) is 30.6 Å². The van der Waals surface area contributed by atoms with Crippen molar-refractivity contribution in [2.75, 3.05) is 13.7 Å². The molecule has 1 aromatic carbocycles. The molecule has 0 aromatic heterocycles. The zero-order valence-corrected chi connectivity index (χ0v) is 13.0. The predicted octanol–water partition coefficient (Wildman–Crippen LogP) is 2.85. The third kappa shape index (κ3) is 3.75. The monoisotopic (exact) mass is 287 g/mol. The zero-order valence-electron chi connectivity index (χ0n) is 13.0. The van der Waals surface area contributed by atoms with Crippen molar-refractivity contribution in [2.24, 2.45) is 5.73 Å². The molecule has 1 aromatic rings. The smallest absolute Gasteiger partial charge is 0.123 e. The summed E-state index contributed by atoms with van der Waals surface area (Å²) in [5.41, 5.74) is 7.57. The summed E-state index contributed by atoms with van der Waals surface area (Å²) in [5, 5.41) is 8.93. The summed E-state index contributed by atoms with van der Waals surface area (Å²) in [5.74, 6) is 0.883. The van der Waals surface area contributed by atoms with E-state index in [4.69, 9.17) is 15.7 Å². The van der Waals surface area contributed by atoms with Gasteiger partial charge >= 0.3 is 0 Å². The number of nitrogens with two attached hydrogens (primary N) is 1. The molecule has 0 bridgehead atoms. The zero-order chi connectivity index (χ0) is 15.2. The lowest BCUT2D eigenvalue weighted by molar-refractivity contribution is 0.160. The van der Waals surface area contributed by atoms with Crippen LogP contribution in [0, 0.1) is 11.3 Å². The van der Waals surface area contributed by atoms with Crippen LogP contribution >= 0.6 is 0 Å². The summed E-state index contributed by atoms with van der Waals surface area (Å²) < 4.78 is 5.53. The van der Waals surface area contributed by atoms with E-state index < -0.39 is 0 Å². The Hall–Kier alpha value is -1.57. The van der Waals surface area contributed by atoms with Gasteiger partial charge in [0, 0.05) is 30.6 Å². The summed E-state index contributed by atoms with van der Waals surface area (Å²) in [4.78, 5) is 2.41. The average Bonchev–Trinajstić information content (AvgIpc) is 3.35. The van der Waals surface area contributed by atoms with E-state index >= 15 is 0 Å². The van der Waals surface area contributed by atoms with E-state index in [1.807, 2.05) is 18.2 Å². The molecule has 0 aliphatic heterocycles. The Balaban J connectivity index is 2.34. The third-order valence-electron chi connectivity index (χ3n) is 4.19. The summed E-state index contributed by atoms with van der Waals surface area (Å²) in [6.45, 7) is 2.89. The van der Waals surface area contributed by atoms with Gasteiger partial charge in [-0.05, 0) is 25.3 Å². The van der Waals surface area contributed by atoms with E-state index in [1.54, 1.807) is 7.11 Å². The van der Waals surface area contributed by atoms with Crippen LogP contribution in [0.4, 0.5) is 0 Å². The first-order chi connectivity index (χ1) is 10.2. The number of nitriles is 1. The van der Waals surface area contributed by atoms with Crippen LogP contribution in [0.1, 0.15) is 44.2 Å². The molecular weight excluding hydrogens is 262 g/mol. The number of methoxy groups -OCH3 is 1. The fourth-order valence-electron chi connectivity index (χ4n) is 2.92. The van der Waals surface area contributed by atoms with Gasteiger partial charge in [-0.25, -0.2) is 0 Å². The molecule has 21 heavy (non-hydrogen) atoms. The van der Waals surface area contributed by atoms with Gasteiger partial charge in [0.25, 0.3) is 0 Å². The van der Waals surface area contributed by atoms with Crippen LogP contribution in [0.25, 0.3) is 0 Å². The van der Waals surface area contributed by atoms with E-state index in [2.05, 4.69) is 24.0 Å². The maximum atomic E-state index is 8.93. The molecular formula is C17H25N3O. The van der Waals surface area contributed by atoms with E-state index in [0.29, 0.717) is 12.5 Å². The highest BCUT2D eigenvalue weighted by Gasteiger charge is 2.37. The van der Waals surface area contributed by atoms with Crippen molar-refractivity contribution in [1.82, 2.24) is 4.90 Å². The minimum absolute atomic E-state index is 0.0422. The molecule has 1 aliphatic rings. The van der Waals surface area contributed by atoms with Crippen molar-refractivity contribution in [3.05, 3.63) is 29.8 Å². The van der Waals surface area contributed by atoms with Crippen LogP contribution in [0.5, 0.6) is 5.75 Å². The van der Waals surface area contributed by atoms with Crippen molar-refractivity contribution < 1.29 is 4.74 Å². The Morgan fingerprint density at radius 1 is 1.43 bits per heavy atom. The van der Waals surface area contributed by atoms with Crippen LogP contribution in [0.3, 0.4) is 0 Å². The van der Waals surface area contributed by atoms with E-state index in [-0.39, 0.29) is 12.1 Å². The van der Waals surface area contributed by atoms with Crippen LogP contribution in [-0.2, 0) is 0 Å². The van der Waals surface area contributed by atoms with Crippen LogP contribution < -0.4 is 10.5 Å². The highest BCUT2D eigenvalue weighted by molar-refractivity contribution is 5.37. The molecule has 2 unspecified atom stereocenters. The normalized spacial score (nSPS) is 17.3. The van der Waals surface area contributed by atoms with Crippen LogP contribution in [0.15, 0.2) is 24.3 Å². The van der Waals surface area contributed by atoms with Crippen molar-refractivity contribution in [1.29, 1.82) is 5.26 Å². The Labute approximate surface area is 127 Å². The van der Waals surface area contributed by atoms with Crippen molar-refractivity contribution in [3.8, 4) is 11.8 Å². The third-order valence-corrected chi connectivity index (χ3v) is 4.19. The molecule has 1 aliphatic carbocycles. The van der Waals surface area contributed by atoms with Gasteiger partial charge in [0.1, 0.15) is 5.75 Å². The number of hydrogen-bond donors (Lipinski definition) is 1. The SMILES string of the molecule is CCC(N)C(c1ccccc1OC)N(CCC#N)C1CC1. The maximum absolute atomic E-state index is 8.93. The summed E-state index contributed by atoms with van der Waals surface area (Å²) in [6, 6.07) is 11.1. The molecule has 0 amide bonds. The van der Waals surface area contributed by atoms with Gasteiger partial charge < -0.3 is 10.5 Å². The van der Waals surface area contributed by atoms with Gasteiger partial charge in [-0.15, -0.1) is 0 Å². The molecule has 114 valence electrons. The molecule has 4 heteroatoms. The molecule has 2 rings (SSSR count). The maximum Gasteiger partial charge on any atom is 0.123 e. The molecule has 2 N–H and O–H groups in total. The number of hydrogen-bond acceptors (Lipinski definition) is 4. The summed E-state index contributed by atoms with van der Waals surface area (Å²) >= 11 is 0. The lowest BCUT2D eigenvalue weighted by Crippen LogP contribution is -2.42. The second-order valence-electron chi connectivity index (χ2n) is 5.64. The standard InChI is InChI=1S/C17H25N3O/c1-3-15(19)17(14-7-4-5-8-16(14)21-2)20(12-6-11-18)13-9-10-13/h4-5,7-8,13,15,17H,3,6,9-10,12,19H2,1-2H3. The minimum atomic E-state index is 0.0422. The molecule has 2 atom stereocenters. The Morgan fingerprint density at radius 3 is 2.71 bits per heavy atom. The average molecular weight is 287 g/mol. The second-order valence-corrected chi connectivity index (χ2v) is 5.64. The second kappa shape index (κ2) is 7.44. The van der Waals surface area contributed by atoms with Crippen molar-refractivity contribution in [2.45, 2.75) is 50.7 Å². The van der Waals surface area contributed by atoms with Gasteiger partial charge in [-0.2, -0.15) is 5.26 Å². The van der Waals surface area contributed by atoms with Gasteiger partial charge in [0.2, 0.25) is 0 Å². The topological polar surface area (TPSA) is 62.3 Å². The molecule has 0 radical (unpaired) electrons. The molecule has 0 heterocycles. The minimum Gasteiger partial charge on any atom is -0.496 e. The molecule has 1 fully saturated rings. The number of nitrogens with zero attached hydrogens (tertiary/aromatic N) is 2. The van der Waals surface area contributed by atoms with Crippen LogP contribution in [0.2, 0.25) is 0 Å². The molecule has 4 nitrogen and oxygen atoms in total. The number of rotatable bonds is 8. The lowest BCUT2D eigenvalue weighted by Gasteiger charge is -2.36. The van der Waals surface area contributed by atoms with Gasteiger partial charge in [0.15, 0.2) is 0 Å². The van der Waals surface area contributed by atoms with Gasteiger partial charge in [-0.1, -0.05) is 25.1 Å². The van der Waals surface area contributed by atoms with E-state index in [1.165, 1.54) is 12.8 Å². The van der Waals surface area contributed by atoms with E-state index in [0.717, 1.165) is 24.3 Å². The summed E-state index contributed by atoms with van der Waals surface area (Å²) in [7, 11) is 1.70. The molecule has 1 saturated carbocycles. The highest BCUT2D eigenvalue weighted by Crippen LogP contribution is 2.39. The Morgan fingerprint density at radius 2 is 2.14 bits per heavy atom. The molecule has 0 saturated heterocycles. The van der Waals surface area contributed by atoms with Crippen molar-refractivity contribution >= 4 is 0 Å². The van der Waals surface area contributed by atoms with Crippen molar-refractivity contribution in [3.63, 3.8) is 0 Å². The number of benzene rings is 1. The Bertz CT molecular complexity index is 493.